The lowest BCUT2D eigenvalue weighted by Gasteiger charge is -2.15. The maximum absolute atomic E-state index is 12.2. The monoisotopic (exact) mass is 380 g/mol. The molecule has 1 aliphatic carbocycles. The van der Waals surface area contributed by atoms with Crippen molar-refractivity contribution in [2.75, 3.05) is 11.9 Å². The van der Waals surface area contributed by atoms with E-state index >= 15 is 0 Å². The van der Waals surface area contributed by atoms with Crippen LogP contribution in [0.3, 0.4) is 0 Å². The Morgan fingerprint density at radius 1 is 1.11 bits per heavy atom. The van der Waals surface area contributed by atoms with Gasteiger partial charge in [0.25, 0.3) is 5.91 Å². The molecule has 1 unspecified atom stereocenters. The maximum Gasteiger partial charge on any atom is 0.258 e. The molecule has 2 aromatic carbocycles. The van der Waals surface area contributed by atoms with Crippen LogP contribution in [0.4, 0.5) is 5.69 Å². The Morgan fingerprint density at radius 2 is 1.82 bits per heavy atom. The maximum atomic E-state index is 12.2. The molecule has 0 aliphatic heterocycles. The molecule has 28 heavy (non-hydrogen) atoms. The molecule has 2 N–H and O–H groups in total. The summed E-state index contributed by atoms with van der Waals surface area (Å²) in [6.07, 6.45) is 1.93. The van der Waals surface area contributed by atoms with Gasteiger partial charge >= 0.3 is 0 Å². The van der Waals surface area contributed by atoms with Gasteiger partial charge in [-0.2, -0.15) is 0 Å². The van der Waals surface area contributed by atoms with Crippen molar-refractivity contribution in [3.63, 3.8) is 0 Å². The predicted molar refractivity (Wildman–Crippen MR) is 106 cm³/mol. The zero-order valence-corrected chi connectivity index (χ0v) is 16.0. The van der Waals surface area contributed by atoms with E-state index in [2.05, 4.69) is 10.6 Å². The molecule has 146 valence electrons. The minimum atomic E-state index is -0.258. The second-order valence-corrected chi connectivity index (χ2v) is 7.05. The third kappa shape index (κ3) is 5.42. The van der Waals surface area contributed by atoms with Crippen molar-refractivity contribution in [1.29, 1.82) is 0 Å². The van der Waals surface area contributed by atoms with E-state index in [-0.39, 0.29) is 36.2 Å². The van der Waals surface area contributed by atoms with Gasteiger partial charge in [0.2, 0.25) is 5.91 Å². The van der Waals surface area contributed by atoms with Gasteiger partial charge in [0.1, 0.15) is 5.75 Å². The number of Topliss-reactive ketones (excluding diaryl/α,β-unsaturated/α-hetero) is 1. The molecule has 1 aliphatic rings. The van der Waals surface area contributed by atoms with Crippen molar-refractivity contribution >= 4 is 23.3 Å². The second-order valence-electron chi connectivity index (χ2n) is 7.05. The van der Waals surface area contributed by atoms with E-state index in [1.807, 2.05) is 31.2 Å². The fourth-order valence-corrected chi connectivity index (χ4v) is 2.77. The Labute approximate surface area is 164 Å². The van der Waals surface area contributed by atoms with Crippen molar-refractivity contribution < 1.29 is 19.1 Å². The first-order chi connectivity index (χ1) is 13.4. The van der Waals surface area contributed by atoms with Gasteiger partial charge in [-0.1, -0.05) is 24.3 Å². The van der Waals surface area contributed by atoms with E-state index in [1.54, 1.807) is 24.3 Å². The van der Waals surface area contributed by atoms with Crippen LogP contribution in [0.5, 0.6) is 5.75 Å². The van der Waals surface area contributed by atoms with E-state index in [9.17, 15) is 14.4 Å². The molecule has 0 radical (unpaired) electrons. The van der Waals surface area contributed by atoms with Crippen LogP contribution >= 0.6 is 0 Å². The molecular weight excluding hydrogens is 356 g/mol. The fraction of sp³-hybridized carbons (Fsp3) is 0.318. The van der Waals surface area contributed by atoms with Crippen LogP contribution < -0.4 is 15.4 Å². The van der Waals surface area contributed by atoms with Crippen LogP contribution in [0.1, 0.15) is 48.7 Å². The molecule has 0 aromatic heterocycles. The number of carbonyl (C=O) groups excluding carboxylic acids is 3. The zero-order valence-electron chi connectivity index (χ0n) is 16.0. The number of hydrogen-bond donors (Lipinski definition) is 2. The standard InChI is InChI=1S/C22H24N2O4/c1-14(16-8-10-19(11-9-16)24-22(27)17-6-7-17)23-21(26)13-28-20-5-3-4-18(12-20)15(2)25/h3-5,8-12,14,17H,6-7,13H2,1-2H3,(H,23,26)(H,24,27). The Kier molecular flexibility index (Phi) is 6.09. The van der Waals surface area contributed by atoms with Crippen LogP contribution in [0.15, 0.2) is 48.5 Å². The molecule has 0 bridgehead atoms. The van der Waals surface area contributed by atoms with Crippen molar-refractivity contribution in [1.82, 2.24) is 5.32 Å². The molecule has 0 spiro atoms. The zero-order chi connectivity index (χ0) is 20.1. The molecule has 2 aromatic rings. The number of ketones is 1. The first-order valence-corrected chi connectivity index (χ1v) is 9.36. The summed E-state index contributed by atoms with van der Waals surface area (Å²) >= 11 is 0. The molecule has 1 fully saturated rings. The largest absolute Gasteiger partial charge is 0.484 e. The molecule has 2 amide bonds. The molecule has 1 saturated carbocycles. The van der Waals surface area contributed by atoms with Crippen LogP contribution in [-0.2, 0) is 9.59 Å². The van der Waals surface area contributed by atoms with Gasteiger partial charge in [-0.25, -0.2) is 0 Å². The topological polar surface area (TPSA) is 84.5 Å². The Morgan fingerprint density at radius 3 is 2.46 bits per heavy atom. The van der Waals surface area contributed by atoms with Crippen molar-refractivity contribution in [2.24, 2.45) is 5.92 Å². The Bertz CT molecular complexity index is 872. The van der Waals surface area contributed by atoms with Gasteiger partial charge in [0.05, 0.1) is 6.04 Å². The smallest absolute Gasteiger partial charge is 0.258 e. The number of hydrogen-bond acceptors (Lipinski definition) is 4. The highest BCUT2D eigenvalue weighted by atomic mass is 16.5. The molecule has 0 saturated heterocycles. The summed E-state index contributed by atoms with van der Waals surface area (Å²) in [5.74, 6) is 0.396. The number of ether oxygens (including phenoxy) is 1. The summed E-state index contributed by atoms with van der Waals surface area (Å²) < 4.78 is 5.47. The molecule has 6 heteroatoms. The summed E-state index contributed by atoms with van der Waals surface area (Å²) in [6, 6.07) is 14.0. The number of nitrogens with one attached hydrogen (secondary N) is 2. The SMILES string of the molecule is CC(=O)c1cccc(OCC(=O)NC(C)c2ccc(NC(=O)C3CC3)cc2)c1. The highest BCUT2D eigenvalue weighted by molar-refractivity contribution is 5.94. The molecule has 6 nitrogen and oxygen atoms in total. The highest BCUT2D eigenvalue weighted by Crippen LogP contribution is 2.30. The fourth-order valence-electron chi connectivity index (χ4n) is 2.77. The number of anilines is 1. The van der Waals surface area contributed by atoms with Crippen molar-refractivity contribution in [2.45, 2.75) is 32.7 Å². The summed E-state index contributed by atoms with van der Waals surface area (Å²) in [4.78, 5) is 35.3. The lowest BCUT2D eigenvalue weighted by molar-refractivity contribution is -0.123. The van der Waals surface area contributed by atoms with E-state index in [0.29, 0.717) is 11.3 Å². The lowest BCUT2D eigenvalue weighted by Crippen LogP contribution is -2.31. The average Bonchev–Trinajstić information content (AvgIpc) is 3.52. The lowest BCUT2D eigenvalue weighted by atomic mass is 10.1. The number of rotatable bonds is 8. The summed E-state index contributed by atoms with van der Waals surface area (Å²) in [5.41, 5.74) is 2.23. The average molecular weight is 380 g/mol. The van der Waals surface area contributed by atoms with E-state index in [1.165, 1.54) is 6.92 Å². The van der Waals surface area contributed by atoms with Gasteiger partial charge in [-0.05, 0) is 56.5 Å². The van der Waals surface area contributed by atoms with Crippen molar-refractivity contribution in [3.05, 3.63) is 59.7 Å². The number of carbonyl (C=O) groups is 3. The van der Waals surface area contributed by atoms with Gasteiger partial charge in [0.15, 0.2) is 12.4 Å². The van der Waals surface area contributed by atoms with Gasteiger partial charge in [-0.15, -0.1) is 0 Å². The number of amides is 2. The highest BCUT2D eigenvalue weighted by Gasteiger charge is 2.29. The first-order valence-electron chi connectivity index (χ1n) is 9.36. The van der Waals surface area contributed by atoms with Gasteiger partial charge in [-0.3, -0.25) is 14.4 Å². The third-order valence-electron chi connectivity index (χ3n) is 4.61. The summed E-state index contributed by atoms with van der Waals surface area (Å²) in [6.45, 7) is 3.23. The number of benzene rings is 2. The normalized spacial score (nSPS) is 14.1. The van der Waals surface area contributed by atoms with Crippen LogP contribution in [0.25, 0.3) is 0 Å². The Hall–Kier alpha value is -3.15. The minimum Gasteiger partial charge on any atom is -0.484 e. The summed E-state index contributed by atoms with van der Waals surface area (Å²) in [5, 5.41) is 5.77. The first kappa shape index (κ1) is 19.6. The van der Waals surface area contributed by atoms with Gasteiger partial charge in [0, 0.05) is 17.2 Å². The van der Waals surface area contributed by atoms with E-state index in [4.69, 9.17) is 4.74 Å². The molecule has 3 rings (SSSR count). The van der Waals surface area contributed by atoms with Crippen molar-refractivity contribution in [3.8, 4) is 5.75 Å². The molecular formula is C22H24N2O4. The predicted octanol–water partition coefficient (Wildman–Crippen LogP) is 3.49. The molecule has 1 atom stereocenters. The Balaban J connectivity index is 1.48. The van der Waals surface area contributed by atoms with Gasteiger partial charge < -0.3 is 15.4 Å². The second kappa shape index (κ2) is 8.69. The van der Waals surface area contributed by atoms with Crippen LogP contribution in [-0.4, -0.2) is 24.2 Å². The summed E-state index contributed by atoms with van der Waals surface area (Å²) in [7, 11) is 0. The van der Waals surface area contributed by atoms with Crippen LogP contribution in [0, 0.1) is 5.92 Å². The molecule has 0 heterocycles. The quantitative estimate of drug-likeness (QED) is 0.687. The van der Waals surface area contributed by atoms with E-state index < -0.39 is 0 Å². The minimum absolute atomic E-state index is 0.0553. The van der Waals surface area contributed by atoms with E-state index in [0.717, 1.165) is 24.1 Å². The third-order valence-corrected chi connectivity index (χ3v) is 4.61. The van der Waals surface area contributed by atoms with Crippen LogP contribution in [0.2, 0.25) is 0 Å².